The van der Waals surface area contributed by atoms with E-state index in [-0.39, 0.29) is 17.8 Å². The van der Waals surface area contributed by atoms with E-state index in [9.17, 15) is 9.18 Å². The van der Waals surface area contributed by atoms with Gasteiger partial charge in [0.05, 0.1) is 18.4 Å². The molecule has 2 aromatic rings. The number of hydrogen-bond acceptors (Lipinski definition) is 4. The number of carbonyl (C=O) groups is 1. The van der Waals surface area contributed by atoms with Crippen LogP contribution >= 0.6 is 0 Å². The predicted octanol–water partition coefficient (Wildman–Crippen LogP) is 3.59. The van der Waals surface area contributed by atoms with Gasteiger partial charge in [-0.2, -0.15) is 0 Å². The number of aromatic nitrogens is 2. The number of allylic oxidation sites excluding steroid dienone is 1. The van der Waals surface area contributed by atoms with Crippen molar-refractivity contribution in [1.29, 1.82) is 0 Å². The summed E-state index contributed by atoms with van der Waals surface area (Å²) >= 11 is 0. The van der Waals surface area contributed by atoms with E-state index in [4.69, 9.17) is 4.74 Å². The third-order valence-electron chi connectivity index (χ3n) is 5.00. The normalized spacial score (nSPS) is 18.4. The van der Waals surface area contributed by atoms with Gasteiger partial charge in [-0.3, -0.25) is 14.8 Å². The van der Waals surface area contributed by atoms with Crippen molar-refractivity contribution in [1.82, 2.24) is 15.3 Å². The lowest BCUT2D eigenvalue weighted by Crippen LogP contribution is -2.34. The smallest absolute Gasteiger partial charge is 0.224 e. The highest BCUT2D eigenvalue weighted by atomic mass is 19.1. The van der Waals surface area contributed by atoms with Gasteiger partial charge < -0.3 is 10.1 Å². The molecular weight excluding hydrogens is 345 g/mol. The SMILES string of the molecule is O=C(CC1=CCCCC1)NCC1Cc2cc(F)cc(-c3cnccn3)c2O1. The van der Waals surface area contributed by atoms with Crippen LogP contribution in [-0.4, -0.2) is 28.5 Å². The van der Waals surface area contributed by atoms with Gasteiger partial charge in [0.2, 0.25) is 5.91 Å². The second-order valence-corrected chi connectivity index (χ2v) is 7.07. The van der Waals surface area contributed by atoms with E-state index >= 15 is 0 Å². The van der Waals surface area contributed by atoms with E-state index < -0.39 is 0 Å². The molecule has 1 unspecified atom stereocenters. The molecule has 1 atom stereocenters. The summed E-state index contributed by atoms with van der Waals surface area (Å²) in [6.07, 6.45) is 12.2. The van der Waals surface area contributed by atoms with E-state index in [1.54, 1.807) is 18.6 Å². The molecule has 1 N–H and O–H groups in total. The molecule has 0 saturated carbocycles. The van der Waals surface area contributed by atoms with Crippen LogP contribution in [0.3, 0.4) is 0 Å². The fraction of sp³-hybridized carbons (Fsp3) is 0.381. The maximum atomic E-state index is 14.0. The molecule has 140 valence electrons. The molecule has 0 bridgehead atoms. The molecule has 27 heavy (non-hydrogen) atoms. The standard InChI is InChI=1S/C21H22FN3O2/c22-16-9-15-10-17(12-25-20(26)8-14-4-2-1-3-5-14)27-21(15)18(11-16)19-13-23-6-7-24-19/h4,6-7,9,11,13,17H,1-3,5,8,10,12H2,(H,25,26). The Labute approximate surface area is 157 Å². The van der Waals surface area contributed by atoms with Gasteiger partial charge >= 0.3 is 0 Å². The fourth-order valence-electron chi connectivity index (χ4n) is 3.70. The number of amides is 1. The van der Waals surface area contributed by atoms with Crippen LogP contribution in [-0.2, 0) is 11.2 Å². The number of rotatable bonds is 5. The van der Waals surface area contributed by atoms with Crippen molar-refractivity contribution in [3.05, 3.63) is 53.8 Å². The van der Waals surface area contributed by atoms with Crippen molar-refractivity contribution >= 4 is 5.91 Å². The molecule has 6 heteroatoms. The Morgan fingerprint density at radius 2 is 2.22 bits per heavy atom. The van der Waals surface area contributed by atoms with Gasteiger partial charge in [0, 0.05) is 36.4 Å². The fourth-order valence-corrected chi connectivity index (χ4v) is 3.70. The Morgan fingerprint density at radius 1 is 1.30 bits per heavy atom. The van der Waals surface area contributed by atoms with E-state index in [0.29, 0.717) is 36.4 Å². The third-order valence-corrected chi connectivity index (χ3v) is 5.00. The summed E-state index contributed by atoms with van der Waals surface area (Å²) < 4.78 is 20.1. The molecule has 2 aliphatic rings. The van der Waals surface area contributed by atoms with Crippen molar-refractivity contribution in [2.75, 3.05) is 6.54 Å². The van der Waals surface area contributed by atoms with Crippen LogP contribution < -0.4 is 10.1 Å². The van der Waals surface area contributed by atoms with Crippen LogP contribution in [0.1, 0.15) is 37.7 Å². The van der Waals surface area contributed by atoms with Crippen molar-refractivity contribution in [3.63, 3.8) is 0 Å². The van der Waals surface area contributed by atoms with Gasteiger partial charge in [-0.05, 0) is 37.8 Å². The number of carbonyl (C=O) groups excluding carboxylic acids is 1. The zero-order valence-electron chi connectivity index (χ0n) is 15.1. The van der Waals surface area contributed by atoms with Crippen LogP contribution in [0.5, 0.6) is 5.75 Å². The molecule has 1 aromatic carbocycles. The van der Waals surface area contributed by atoms with Gasteiger partial charge in [-0.1, -0.05) is 11.6 Å². The highest BCUT2D eigenvalue weighted by molar-refractivity contribution is 5.78. The molecule has 1 aromatic heterocycles. The van der Waals surface area contributed by atoms with Gasteiger partial charge in [-0.25, -0.2) is 4.39 Å². The highest BCUT2D eigenvalue weighted by Gasteiger charge is 2.27. The number of hydrogen-bond donors (Lipinski definition) is 1. The molecule has 1 aliphatic heterocycles. The van der Waals surface area contributed by atoms with Crippen molar-refractivity contribution < 1.29 is 13.9 Å². The maximum absolute atomic E-state index is 14.0. The zero-order chi connectivity index (χ0) is 18.6. The van der Waals surface area contributed by atoms with Crippen molar-refractivity contribution in [2.24, 2.45) is 0 Å². The number of ether oxygens (including phenoxy) is 1. The first-order chi connectivity index (χ1) is 13.2. The Balaban J connectivity index is 1.41. The summed E-state index contributed by atoms with van der Waals surface area (Å²) in [6, 6.07) is 2.91. The minimum atomic E-state index is -0.327. The molecule has 4 rings (SSSR count). The van der Waals surface area contributed by atoms with E-state index in [0.717, 1.165) is 24.8 Å². The molecule has 0 radical (unpaired) electrons. The molecule has 0 spiro atoms. The van der Waals surface area contributed by atoms with Crippen LogP contribution in [0.2, 0.25) is 0 Å². The lowest BCUT2D eigenvalue weighted by atomic mass is 9.97. The Morgan fingerprint density at radius 3 is 3.00 bits per heavy atom. The average Bonchev–Trinajstić information content (AvgIpc) is 3.10. The molecule has 2 heterocycles. The molecule has 1 amide bonds. The van der Waals surface area contributed by atoms with E-state index in [1.807, 2.05) is 0 Å². The summed E-state index contributed by atoms with van der Waals surface area (Å²) in [6.45, 7) is 0.405. The van der Waals surface area contributed by atoms with E-state index in [1.165, 1.54) is 24.1 Å². The topological polar surface area (TPSA) is 64.1 Å². The minimum absolute atomic E-state index is 0.0167. The summed E-state index contributed by atoms with van der Waals surface area (Å²) in [4.78, 5) is 20.5. The maximum Gasteiger partial charge on any atom is 0.224 e. The molecule has 5 nitrogen and oxygen atoms in total. The van der Waals surface area contributed by atoms with E-state index in [2.05, 4.69) is 21.4 Å². The largest absolute Gasteiger partial charge is 0.487 e. The second-order valence-electron chi connectivity index (χ2n) is 7.07. The summed E-state index contributed by atoms with van der Waals surface area (Å²) in [5.41, 5.74) is 3.19. The van der Waals surface area contributed by atoms with Crippen LogP contribution in [0.15, 0.2) is 42.4 Å². The number of halogens is 1. The summed E-state index contributed by atoms with van der Waals surface area (Å²) in [5.74, 6) is 0.320. The van der Waals surface area contributed by atoms with Crippen LogP contribution in [0.25, 0.3) is 11.3 Å². The first kappa shape index (κ1) is 17.6. The Bertz CT molecular complexity index is 867. The van der Waals surface area contributed by atoms with Gasteiger partial charge in [0.1, 0.15) is 17.7 Å². The average molecular weight is 367 g/mol. The molecule has 1 aliphatic carbocycles. The summed E-state index contributed by atoms with van der Waals surface area (Å²) in [5, 5.41) is 2.95. The summed E-state index contributed by atoms with van der Waals surface area (Å²) in [7, 11) is 0. The first-order valence-corrected chi connectivity index (χ1v) is 9.39. The van der Waals surface area contributed by atoms with Crippen molar-refractivity contribution in [3.8, 4) is 17.0 Å². The number of nitrogens with one attached hydrogen (secondary N) is 1. The van der Waals surface area contributed by atoms with Crippen LogP contribution in [0, 0.1) is 5.82 Å². The molecular formula is C21H22FN3O2. The molecule has 0 saturated heterocycles. The quantitative estimate of drug-likeness (QED) is 0.821. The van der Waals surface area contributed by atoms with Crippen molar-refractivity contribution in [2.45, 2.75) is 44.6 Å². The first-order valence-electron chi connectivity index (χ1n) is 9.39. The second kappa shape index (κ2) is 7.86. The highest BCUT2D eigenvalue weighted by Crippen LogP contribution is 2.38. The molecule has 0 fully saturated rings. The number of benzene rings is 1. The third kappa shape index (κ3) is 4.15. The lowest BCUT2D eigenvalue weighted by Gasteiger charge is -2.15. The van der Waals surface area contributed by atoms with Gasteiger partial charge in [0.25, 0.3) is 0 Å². The monoisotopic (exact) mass is 367 g/mol. The number of fused-ring (bicyclic) bond motifs is 1. The van der Waals surface area contributed by atoms with Gasteiger partial charge in [-0.15, -0.1) is 0 Å². The van der Waals surface area contributed by atoms with Gasteiger partial charge in [0.15, 0.2) is 0 Å². The van der Waals surface area contributed by atoms with Crippen LogP contribution in [0.4, 0.5) is 4.39 Å². The lowest BCUT2D eigenvalue weighted by molar-refractivity contribution is -0.120. The zero-order valence-corrected chi connectivity index (χ0v) is 15.1. The Kier molecular flexibility index (Phi) is 5.14. The predicted molar refractivity (Wildman–Crippen MR) is 99.7 cm³/mol. The minimum Gasteiger partial charge on any atom is -0.487 e. The number of nitrogens with zero attached hydrogens (tertiary/aromatic N) is 2. The Hall–Kier alpha value is -2.76.